The number of piperazine rings is 1. The van der Waals surface area contributed by atoms with Gasteiger partial charge in [0.15, 0.2) is 0 Å². The van der Waals surface area contributed by atoms with Crippen molar-refractivity contribution >= 4 is 0 Å². The molecule has 0 saturated carbocycles. The maximum atomic E-state index is 5.83. The zero-order valence-electron chi connectivity index (χ0n) is 14.4. The highest BCUT2D eigenvalue weighted by Crippen LogP contribution is 2.19. The average Bonchev–Trinajstić information content (AvgIpc) is 3.29. The van der Waals surface area contributed by atoms with E-state index in [-0.39, 0.29) is 0 Å². The van der Waals surface area contributed by atoms with Crippen LogP contribution in [0.2, 0.25) is 0 Å². The molecule has 0 amide bonds. The fourth-order valence-corrected chi connectivity index (χ4v) is 3.05. The summed E-state index contributed by atoms with van der Waals surface area (Å²) in [6.45, 7) is 7.65. The summed E-state index contributed by atoms with van der Waals surface area (Å²) in [6, 6.07) is 12.1. The maximum absolute atomic E-state index is 5.83. The molecule has 2 aromatic heterocycles. The first-order valence-electron chi connectivity index (χ1n) is 8.63. The Morgan fingerprint density at radius 2 is 1.64 bits per heavy atom. The minimum absolute atomic E-state index is 0.589. The van der Waals surface area contributed by atoms with Crippen molar-refractivity contribution in [2.45, 2.75) is 20.0 Å². The predicted molar refractivity (Wildman–Crippen MR) is 93.7 cm³/mol. The van der Waals surface area contributed by atoms with Gasteiger partial charge in [-0.05, 0) is 31.2 Å². The molecule has 130 valence electrons. The Labute approximate surface area is 147 Å². The summed E-state index contributed by atoms with van der Waals surface area (Å²) in [5.74, 6) is 2.29. The molecular formula is C19H22N4O2. The van der Waals surface area contributed by atoms with Crippen LogP contribution in [-0.4, -0.2) is 46.2 Å². The van der Waals surface area contributed by atoms with Gasteiger partial charge in [0.1, 0.15) is 5.76 Å². The summed E-state index contributed by atoms with van der Waals surface area (Å²) < 4.78 is 11.3. The standard InChI is InChI=1S/C19H22N4O2/c1-15-4-6-16(7-5-15)19-21-20-18(25-19)14-23-10-8-22(9-11-23)13-17-3-2-12-24-17/h2-7,12H,8-11,13-14H2,1H3. The van der Waals surface area contributed by atoms with Gasteiger partial charge >= 0.3 is 0 Å². The number of aromatic nitrogens is 2. The number of furan rings is 1. The summed E-state index contributed by atoms with van der Waals surface area (Å²) in [5, 5.41) is 8.38. The third-order valence-corrected chi connectivity index (χ3v) is 4.55. The van der Waals surface area contributed by atoms with E-state index in [1.54, 1.807) is 6.26 Å². The molecule has 6 heteroatoms. The zero-order chi connectivity index (χ0) is 17.1. The van der Waals surface area contributed by atoms with Gasteiger partial charge in [0.2, 0.25) is 11.8 Å². The van der Waals surface area contributed by atoms with Crippen molar-refractivity contribution in [1.29, 1.82) is 0 Å². The van der Waals surface area contributed by atoms with Gasteiger partial charge in [0.25, 0.3) is 0 Å². The Kier molecular flexibility index (Phi) is 4.63. The molecule has 1 aliphatic heterocycles. The van der Waals surface area contributed by atoms with Gasteiger partial charge in [-0.3, -0.25) is 9.80 Å². The lowest BCUT2D eigenvalue weighted by atomic mass is 10.1. The van der Waals surface area contributed by atoms with Crippen LogP contribution in [0.1, 0.15) is 17.2 Å². The molecule has 0 unspecified atom stereocenters. The Balaban J connectivity index is 1.31. The van der Waals surface area contributed by atoms with Crippen molar-refractivity contribution in [3.63, 3.8) is 0 Å². The lowest BCUT2D eigenvalue weighted by molar-refractivity contribution is 0.109. The van der Waals surface area contributed by atoms with E-state index in [4.69, 9.17) is 8.83 Å². The van der Waals surface area contributed by atoms with E-state index < -0.39 is 0 Å². The Morgan fingerprint density at radius 3 is 2.32 bits per heavy atom. The molecule has 25 heavy (non-hydrogen) atoms. The second-order valence-corrected chi connectivity index (χ2v) is 6.50. The van der Waals surface area contributed by atoms with Crippen LogP contribution in [0.25, 0.3) is 11.5 Å². The largest absolute Gasteiger partial charge is 0.468 e. The van der Waals surface area contributed by atoms with Crippen LogP contribution < -0.4 is 0 Å². The number of hydrogen-bond donors (Lipinski definition) is 0. The molecule has 3 aromatic rings. The molecule has 0 bridgehead atoms. The number of nitrogens with zero attached hydrogens (tertiary/aromatic N) is 4. The van der Waals surface area contributed by atoms with Gasteiger partial charge in [0, 0.05) is 31.7 Å². The molecule has 0 aliphatic carbocycles. The molecule has 0 atom stereocenters. The van der Waals surface area contributed by atoms with E-state index in [0.29, 0.717) is 18.3 Å². The fraction of sp³-hybridized carbons (Fsp3) is 0.368. The first-order chi connectivity index (χ1) is 12.3. The molecule has 6 nitrogen and oxygen atoms in total. The lowest BCUT2D eigenvalue weighted by Gasteiger charge is -2.33. The zero-order valence-corrected chi connectivity index (χ0v) is 14.4. The van der Waals surface area contributed by atoms with Gasteiger partial charge in [-0.25, -0.2) is 0 Å². The average molecular weight is 338 g/mol. The Hall–Kier alpha value is -2.44. The van der Waals surface area contributed by atoms with Crippen molar-refractivity contribution in [2.24, 2.45) is 0 Å². The number of hydrogen-bond acceptors (Lipinski definition) is 6. The van der Waals surface area contributed by atoms with Crippen LogP contribution in [0, 0.1) is 6.92 Å². The second-order valence-electron chi connectivity index (χ2n) is 6.50. The third kappa shape index (κ3) is 3.97. The van der Waals surface area contributed by atoms with Crippen LogP contribution in [0.4, 0.5) is 0 Å². The van der Waals surface area contributed by atoms with Crippen molar-refractivity contribution in [1.82, 2.24) is 20.0 Å². The van der Waals surface area contributed by atoms with Crippen LogP contribution in [-0.2, 0) is 13.1 Å². The van der Waals surface area contributed by atoms with Crippen molar-refractivity contribution < 1.29 is 8.83 Å². The maximum Gasteiger partial charge on any atom is 0.247 e. The first-order valence-corrected chi connectivity index (χ1v) is 8.63. The topological polar surface area (TPSA) is 58.5 Å². The van der Waals surface area contributed by atoms with E-state index in [0.717, 1.165) is 44.0 Å². The molecule has 0 spiro atoms. The number of rotatable bonds is 5. The number of benzene rings is 1. The minimum atomic E-state index is 0.589. The van der Waals surface area contributed by atoms with Gasteiger partial charge in [-0.2, -0.15) is 0 Å². The van der Waals surface area contributed by atoms with E-state index in [1.807, 2.05) is 24.3 Å². The summed E-state index contributed by atoms with van der Waals surface area (Å²) >= 11 is 0. The van der Waals surface area contributed by atoms with Crippen LogP contribution in [0.15, 0.2) is 51.5 Å². The molecule has 0 radical (unpaired) electrons. The molecule has 3 heterocycles. The summed E-state index contributed by atoms with van der Waals surface area (Å²) in [5.41, 5.74) is 2.18. The second kappa shape index (κ2) is 7.21. The molecule has 0 N–H and O–H groups in total. The van der Waals surface area contributed by atoms with E-state index >= 15 is 0 Å². The predicted octanol–water partition coefficient (Wildman–Crippen LogP) is 2.96. The molecule has 1 fully saturated rings. The summed E-state index contributed by atoms with van der Waals surface area (Å²) in [4.78, 5) is 4.76. The molecule has 1 aromatic carbocycles. The summed E-state index contributed by atoms with van der Waals surface area (Å²) in [6.07, 6.45) is 1.73. The fourth-order valence-electron chi connectivity index (χ4n) is 3.05. The van der Waals surface area contributed by atoms with Crippen LogP contribution >= 0.6 is 0 Å². The quantitative estimate of drug-likeness (QED) is 0.713. The Morgan fingerprint density at radius 1 is 0.920 bits per heavy atom. The first kappa shape index (κ1) is 16.1. The molecular weight excluding hydrogens is 316 g/mol. The van der Waals surface area contributed by atoms with E-state index in [1.165, 1.54) is 5.56 Å². The normalized spacial score (nSPS) is 16.4. The highest BCUT2D eigenvalue weighted by atomic mass is 16.4. The highest BCUT2D eigenvalue weighted by molar-refractivity contribution is 5.52. The molecule has 1 aliphatic rings. The SMILES string of the molecule is Cc1ccc(-c2nnc(CN3CCN(Cc4ccco4)CC3)o2)cc1. The van der Waals surface area contributed by atoms with Gasteiger partial charge < -0.3 is 8.83 Å². The minimum Gasteiger partial charge on any atom is -0.468 e. The monoisotopic (exact) mass is 338 g/mol. The van der Waals surface area contributed by atoms with Crippen LogP contribution in [0.3, 0.4) is 0 Å². The lowest BCUT2D eigenvalue weighted by Crippen LogP contribution is -2.45. The van der Waals surface area contributed by atoms with Gasteiger partial charge in [0.05, 0.1) is 19.4 Å². The van der Waals surface area contributed by atoms with E-state index in [2.05, 4.69) is 39.1 Å². The van der Waals surface area contributed by atoms with Crippen LogP contribution in [0.5, 0.6) is 0 Å². The van der Waals surface area contributed by atoms with Crippen molar-refractivity contribution in [3.05, 3.63) is 59.9 Å². The van der Waals surface area contributed by atoms with Crippen molar-refractivity contribution in [2.75, 3.05) is 26.2 Å². The molecule has 4 rings (SSSR count). The van der Waals surface area contributed by atoms with Crippen molar-refractivity contribution in [3.8, 4) is 11.5 Å². The smallest absolute Gasteiger partial charge is 0.247 e. The van der Waals surface area contributed by atoms with Gasteiger partial charge in [-0.15, -0.1) is 10.2 Å². The third-order valence-electron chi connectivity index (χ3n) is 4.55. The molecule has 1 saturated heterocycles. The summed E-state index contributed by atoms with van der Waals surface area (Å²) in [7, 11) is 0. The van der Waals surface area contributed by atoms with E-state index in [9.17, 15) is 0 Å². The Bertz CT molecular complexity index is 787. The number of aryl methyl sites for hydroxylation is 1. The van der Waals surface area contributed by atoms with Gasteiger partial charge in [-0.1, -0.05) is 17.7 Å². The highest BCUT2D eigenvalue weighted by Gasteiger charge is 2.20.